The maximum Gasteiger partial charge on any atom is 0.225 e. The van der Waals surface area contributed by atoms with E-state index in [4.69, 9.17) is 4.52 Å². The molecule has 1 N–H and O–H groups in total. The van der Waals surface area contributed by atoms with Gasteiger partial charge in [0.1, 0.15) is 5.76 Å². The van der Waals surface area contributed by atoms with Crippen LogP contribution in [0.2, 0.25) is 0 Å². The van der Waals surface area contributed by atoms with Crippen molar-refractivity contribution in [2.45, 2.75) is 45.6 Å². The molecular formula is C17H23N5O2. The largest absolute Gasteiger partial charge is 0.361 e. The number of nitrogens with one attached hydrogen (secondary N) is 1. The smallest absolute Gasteiger partial charge is 0.225 e. The first kappa shape index (κ1) is 16.4. The number of hydrogen-bond donors (Lipinski definition) is 1. The van der Waals surface area contributed by atoms with Crippen LogP contribution in [0.25, 0.3) is 0 Å². The second-order valence-corrected chi connectivity index (χ2v) is 6.18. The molecule has 0 aromatic carbocycles. The molecule has 1 saturated heterocycles. The van der Waals surface area contributed by atoms with Gasteiger partial charge in [0.25, 0.3) is 0 Å². The Labute approximate surface area is 141 Å². The minimum absolute atomic E-state index is 0.0874. The van der Waals surface area contributed by atoms with E-state index < -0.39 is 0 Å². The van der Waals surface area contributed by atoms with Crippen LogP contribution in [0.15, 0.2) is 23.0 Å². The molecule has 1 aliphatic rings. The van der Waals surface area contributed by atoms with Gasteiger partial charge in [-0.2, -0.15) is 0 Å². The monoisotopic (exact) mass is 329 g/mol. The molecule has 24 heavy (non-hydrogen) atoms. The third kappa shape index (κ3) is 3.90. The maximum absolute atomic E-state index is 12.2. The predicted octanol–water partition coefficient (Wildman–Crippen LogP) is 1.80. The first-order valence-corrected chi connectivity index (χ1v) is 8.36. The van der Waals surface area contributed by atoms with E-state index in [-0.39, 0.29) is 11.9 Å². The highest BCUT2D eigenvalue weighted by Gasteiger charge is 2.22. The number of aromatic nitrogens is 3. The fourth-order valence-corrected chi connectivity index (χ4v) is 3.08. The molecule has 0 bridgehead atoms. The second-order valence-electron chi connectivity index (χ2n) is 6.18. The lowest BCUT2D eigenvalue weighted by molar-refractivity contribution is -0.121. The van der Waals surface area contributed by atoms with Gasteiger partial charge >= 0.3 is 0 Å². The van der Waals surface area contributed by atoms with E-state index in [1.807, 2.05) is 19.9 Å². The summed E-state index contributed by atoms with van der Waals surface area (Å²) in [5.74, 6) is 1.65. The lowest BCUT2D eigenvalue weighted by Gasteiger charge is -2.32. The second kappa shape index (κ2) is 7.42. The summed E-state index contributed by atoms with van der Waals surface area (Å²) < 4.78 is 5.13. The summed E-state index contributed by atoms with van der Waals surface area (Å²) in [4.78, 5) is 22.9. The van der Waals surface area contributed by atoms with E-state index in [1.54, 1.807) is 12.4 Å². The summed E-state index contributed by atoms with van der Waals surface area (Å²) in [5.41, 5.74) is 1.91. The van der Waals surface area contributed by atoms with Crippen molar-refractivity contribution in [2.75, 3.05) is 18.0 Å². The van der Waals surface area contributed by atoms with Crippen LogP contribution >= 0.6 is 0 Å². The molecule has 0 radical (unpaired) electrons. The van der Waals surface area contributed by atoms with Gasteiger partial charge in [-0.25, -0.2) is 9.97 Å². The van der Waals surface area contributed by atoms with Crippen LogP contribution in [0.3, 0.4) is 0 Å². The molecule has 3 heterocycles. The molecule has 128 valence electrons. The molecule has 1 amide bonds. The molecule has 1 fully saturated rings. The van der Waals surface area contributed by atoms with Crippen molar-refractivity contribution in [2.24, 2.45) is 0 Å². The molecule has 0 unspecified atom stereocenters. The van der Waals surface area contributed by atoms with Crippen LogP contribution in [-0.2, 0) is 11.2 Å². The van der Waals surface area contributed by atoms with Crippen LogP contribution in [0, 0.1) is 13.8 Å². The third-order valence-electron chi connectivity index (χ3n) is 4.48. The maximum atomic E-state index is 12.2. The van der Waals surface area contributed by atoms with Crippen LogP contribution in [0.4, 0.5) is 5.95 Å². The van der Waals surface area contributed by atoms with Crippen LogP contribution in [0.5, 0.6) is 0 Å². The molecule has 3 rings (SSSR count). The molecule has 0 atom stereocenters. The Hall–Kier alpha value is -2.44. The van der Waals surface area contributed by atoms with E-state index >= 15 is 0 Å². The SMILES string of the molecule is Cc1noc(C)c1CCC(=O)NC1CCN(c2ncccn2)CC1. The quantitative estimate of drug-likeness (QED) is 0.900. The third-order valence-corrected chi connectivity index (χ3v) is 4.48. The highest BCUT2D eigenvalue weighted by Crippen LogP contribution is 2.17. The Morgan fingerprint density at radius 2 is 2.00 bits per heavy atom. The Balaban J connectivity index is 1.43. The molecule has 0 aliphatic carbocycles. The number of hydrogen-bond acceptors (Lipinski definition) is 6. The van der Waals surface area contributed by atoms with Crippen molar-refractivity contribution in [3.63, 3.8) is 0 Å². The highest BCUT2D eigenvalue weighted by molar-refractivity contribution is 5.76. The summed E-state index contributed by atoms with van der Waals surface area (Å²) in [6.07, 6.45) is 6.47. The molecule has 0 spiro atoms. The van der Waals surface area contributed by atoms with Crippen molar-refractivity contribution in [3.8, 4) is 0 Å². The standard InChI is InChI=1S/C17H23N5O2/c1-12-15(13(2)24-21-12)4-5-16(23)20-14-6-10-22(11-7-14)17-18-8-3-9-19-17/h3,8-9,14H,4-7,10-11H2,1-2H3,(H,20,23). The molecule has 0 saturated carbocycles. The molecule has 1 aliphatic heterocycles. The highest BCUT2D eigenvalue weighted by atomic mass is 16.5. The van der Waals surface area contributed by atoms with Crippen molar-refractivity contribution >= 4 is 11.9 Å². The lowest BCUT2D eigenvalue weighted by atomic mass is 10.0. The Morgan fingerprint density at radius 1 is 1.29 bits per heavy atom. The molecular weight excluding hydrogens is 306 g/mol. The van der Waals surface area contributed by atoms with Gasteiger partial charge in [0.15, 0.2) is 0 Å². The first-order valence-electron chi connectivity index (χ1n) is 8.36. The number of nitrogens with zero attached hydrogens (tertiary/aromatic N) is 4. The van der Waals surface area contributed by atoms with Crippen LogP contribution in [0.1, 0.15) is 36.3 Å². The Bertz CT molecular complexity index is 658. The van der Waals surface area contributed by atoms with E-state index in [0.29, 0.717) is 12.8 Å². The predicted molar refractivity (Wildman–Crippen MR) is 89.7 cm³/mol. The Kier molecular flexibility index (Phi) is 5.08. The summed E-state index contributed by atoms with van der Waals surface area (Å²) in [7, 11) is 0. The van der Waals surface area contributed by atoms with Gasteiger partial charge < -0.3 is 14.7 Å². The number of aryl methyl sites for hydroxylation is 2. The van der Waals surface area contributed by atoms with Gasteiger partial charge in [-0.3, -0.25) is 4.79 Å². The average Bonchev–Trinajstić information content (AvgIpc) is 2.93. The number of carbonyl (C=O) groups is 1. The normalized spacial score (nSPS) is 15.5. The molecule has 7 heteroatoms. The van der Waals surface area contributed by atoms with E-state index in [1.165, 1.54) is 0 Å². The van der Waals surface area contributed by atoms with Crippen molar-refractivity contribution < 1.29 is 9.32 Å². The van der Waals surface area contributed by atoms with Gasteiger partial charge in [0, 0.05) is 43.5 Å². The zero-order valence-corrected chi connectivity index (χ0v) is 14.2. The minimum atomic E-state index is 0.0874. The van der Waals surface area contributed by atoms with Gasteiger partial charge in [0.05, 0.1) is 5.69 Å². The van der Waals surface area contributed by atoms with E-state index in [0.717, 1.165) is 48.9 Å². The molecule has 7 nitrogen and oxygen atoms in total. The van der Waals surface area contributed by atoms with Gasteiger partial charge in [0.2, 0.25) is 11.9 Å². The lowest BCUT2D eigenvalue weighted by Crippen LogP contribution is -2.45. The fourth-order valence-electron chi connectivity index (χ4n) is 3.08. The van der Waals surface area contributed by atoms with E-state index in [9.17, 15) is 4.79 Å². The number of amides is 1. The Morgan fingerprint density at radius 3 is 2.62 bits per heavy atom. The fraction of sp³-hybridized carbons (Fsp3) is 0.529. The topological polar surface area (TPSA) is 84.2 Å². The zero-order valence-electron chi connectivity index (χ0n) is 14.2. The van der Waals surface area contributed by atoms with Crippen molar-refractivity contribution in [3.05, 3.63) is 35.5 Å². The van der Waals surface area contributed by atoms with Crippen LogP contribution < -0.4 is 10.2 Å². The number of rotatable bonds is 5. The minimum Gasteiger partial charge on any atom is -0.361 e. The summed E-state index contributed by atoms with van der Waals surface area (Å²) in [6, 6.07) is 2.04. The van der Waals surface area contributed by atoms with E-state index in [2.05, 4.69) is 25.3 Å². The molecule has 2 aromatic rings. The molecule has 2 aromatic heterocycles. The number of anilines is 1. The average molecular weight is 329 g/mol. The van der Waals surface area contributed by atoms with Crippen LogP contribution in [-0.4, -0.2) is 40.2 Å². The van der Waals surface area contributed by atoms with Crippen molar-refractivity contribution in [1.29, 1.82) is 0 Å². The van der Waals surface area contributed by atoms with Gasteiger partial charge in [-0.15, -0.1) is 0 Å². The summed E-state index contributed by atoms with van der Waals surface area (Å²) in [5, 5.41) is 7.06. The first-order chi connectivity index (χ1) is 11.6. The van der Waals surface area contributed by atoms with Crippen molar-refractivity contribution in [1.82, 2.24) is 20.4 Å². The zero-order chi connectivity index (χ0) is 16.9. The number of carbonyl (C=O) groups excluding carboxylic acids is 1. The number of piperidine rings is 1. The van der Waals surface area contributed by atoms with Gasteiger partial charge in [-0.1, -0.05) is 5.16 Å². The summed E-state index contributed by atoms with van der Waals surface area (Å²) >= 11 is 0. The summed E-state index contributed by atoms with van der Waals surface area (Å²) in [6.45, 7) is 5.51. The van der Waals surface area contributed by atoms with Gasteiger partial charge in [-0.05, 0) is 39.2 Å².